The van der Waals surface area contributed by atoms with Gasteiger partial charge in [-0.1, -0.05) is 0 Å². The molecular weight excluding hydrogens is 445 g/mol. The maximum atomic E-state index is 13.3. The maximum absolute atomic E-state index is 13.3. The summed E-state index contributed by atoms with van der Waals surface area (Å²) in [6, 6.07) is 3.95. The molecule has 27 heavy (non-hydrogen) atoms. The number of hydroxylamine groups is 1. The second-order valence-corrected chi connectivity index (χ2v) is 8.35. The predicted octanol–water partition coefficient (Wildman–Crippen LogP) is 0.547. The van der Waals surface area contributed by atoms with Crippen LogP contribution in [0.15, 0.2) is 32.7 Å². The van der Waals surface area contributed by atoms with Crippen LogP contribution in [0.25, 0.3) is 0 Å². The first-order chi connectivity index (χ1) is 12.6. The molecule has 2 rings (SSSR count). The van der Waals surface area contributed by atoms with Gasteiger partial charge in [0.15, 0.2) is 11.7 Å². The summed E-state index contributed by atoms with van der Waals surface area (Å²) in [5.41, 5.74) is 7.08. The number of nitrogens with zero attached hydrogens (tertiary/aromatic N) is 2. The predicted molar refractivity (Wildman–Crippen MR) is 103 cm³/mol. The van der Waals surface area contributed by atoms with E-state index in [2.05, 4.69) is 30.6 Å². The van der Waals surface area contributed by atoms with Gasteiger partial charge in [-0.3, -0.25) is 21.1 Å². The summed E-state index contributed by atoms with van der Waals surface area (Å²) in [7, 11) is -3.81. The first-order valence-corrected chi connectivity index (χ1v) is 10.00. The highest BCUT2D eigenvalue weighted by molar-refractivity contribution is 9.10. The SMILES string of the molecule is N=C(C(N)=Nc1ccc(F)c(Br)c1)C(=NCC1(CNS(N)(=O)=O)CC1)NO. The highest BCUT2D eigenvalue weighted by atomic mass is 79.9. The van der Waals surface area contributed by atoms with Gasteiger partial charge in [-0.25, -0.2) is 19.2 Å². The summed E-state index contributed by atoms with van der Waals surface area (Å²) in [4.78, 5) is 8.09. The number of nitrogens with one attached hydrogen (secondary N) is 3. The van der Waals surface area contributed by atoms with Gasteiger partial charge in [-0.05, 0) is 47.0 Å². The molecule has 0 saturated heterocycles. The van der Waals surface area contributed by atoms with E-state index in [-0.39, 0.29) is 34.9 Å². The van der Waals surface area contributed by atoms with Crippen LogP contribution in [0, 0.1) is 16.6 Å². The third-order valence-corrected chi connectivity index (χ3v) is 5.08. The van der Waals surface area contributed by atoms with Crippen LogP contribution in [-0.4, -0.2) is 44.1 Å². The molecule has 0 heterocycles. The van der Waals surface area contributed by atoms with E-state index in [0.717, 1.165) is 12.8 Å². The molecule has 0 amide bonds. The van der Waals surface area contributed by atoms with Crippen LogP contribution < -0.4 is 21.1 Å². The molecular formula is C14H19BrFN7O3S. The molecule has 8 N–H and O–H groups in total. The molecule has 1 aliphatic carbocycles. The quantitative estimate of drug-likeness (QED) is 0.186. The average Bonchev–Trinajstić information content (AvgIpc) is 3.36. The molecule has 1 aromatic carbocycles. The van der Waals surface area contributed by atoms with Crippen LogP contribution in [-0.2, 0) is 10.2 Å². The van der Waals surface area contributed by atoms with Gasteiger partial charge in [0, 0.05) is 18.5 Å². The lowest BCUT2D eigenvalue weighted by molar-refractivity contribution is 0.236. The molecule has 0 unspecified atom stereocenters. The molecule has 13 heteroatoms. The second kappa shape index (κ2) is 8.39. The van der Waals surface area contributed by atoms with Crippen LogP contribution >= 0.6 is 15.9 Å². The maximum Gasteiger partial charge on any atom is 0.274 e. The third-order valence-electron chi connectivity index (χ3n) is 3.93. The van der Waals surface area contributed by atoms with Gasteiger partial charge in [-0.2, -0.15) is 8.42 Å². The number of hydrogen-bond acceptors (Lipinski definition) is 6. The van der Waals surface area contributed by atoms with Crippen molar-refractivity contribution < 1.29 is 18.0 Å². The molecule has 148 valence electrons. The Labute approximate surface area is 163 Å². The van der Waals surface area contributed by atoms with Crippen LogP contribution in [0.4, 0.5) is 10.1 Å². The molecule has 1 saturated carbocycles. The molecule has 1 aromatic rings. The Kier molecular flexibility index (Phi) is 6.64. The van der Waals surface area contributed by atoms with E-state index in [1.807, 2.05) is 0 Å². The van der Waals surface area contributed by atoms with Gasteiger partial charge in [0.25, 0.3) is 10.2 Å². The zero-order chi connectivity index (χ0) is 20.2. The first kappa shape index (κ1) is 21.4. The van der Waals surface area contributed by atoms with E-state index in [1.165, 1.54) is 18.2 Å². The summed E-state index contributed by atoms with van der Waals surface area (Å²) >= 11 is 3.03. The lowest BCUT2D eigenvalue weighted by Gasteiger charge is -2.13. The van der Waals surface area contributed by atoms with Gasteiger partial charge in [0.1, 0.15) is 11.5 Å². The summed E-state index contributed by atoms with van der Waals surface area (Å²) < 4.78 is 37.7. The van der Waals surface area contributed by atoms with Crippen molar-refractivity contribution in [1.29, 1.82) is 5.41 Å². The van der Waals surface area contributed by atoms with E-state index < -0.39 is 21.4 Å². The minimum atomic E-state index is -3.81. The van der Waals surface area contributed by atoms with Crippen molar-refractivity contribution in [3.8, 4) is 0 Å². The summed E-state index contributed by atoms with van der Waals surface area (Å²) in [6.07, 6.45) is 1.44. The minimum absolute atomic E-state index is 0.106. The zero-order valence-electron chi connectivity index (χ0n) is 14.0. The Hall–Kier alpha value is -1.93. The molecule has 0 atom stereocenters. The van der Waals surface area contributed by atoms with Crippen molar-refractivity contribution in [2.24, 2.45) is 26.3 Å². The lowest BCUT2D eigenvalue weighted by atomic mass is 10.1. The van der Waals surface area contributed by atoms with Gasteiger partial charge in [0.05, 0.1) is 10.2 Å². The number of halogens is 2. The number of benzene rings is 1. The van der Waals surface area contributed by atoms with Crippen molar-refractivity contribution >= 4 is 49.2 Å². The lowest BCUT2D eigenvalue weighted by Crippen LogP contribution is -2.39. The standard InChI is InChI=1S/C14H19BrFN7O3S/c15-9-5-8(1-2-10(9)16)22-12(18)11(17)13(23-24)20-6-14(3-4-14)7-21-27(19,25)26/h1-2,5,17,21,24H,3-4,6-7H2,(H2,18,22)(H,20,23)(H2,19,25,26). The summed E-state index contributed by atoms with van der Waals surface area (Å²) in [6.45, 7) is 0.255. The molecule has 1 aliphatic rings. The van der Waals surface area contributed by atoms with Gasteiger partial charge in [0.2, 0.25) is 0 Å². The first-order valence-electron chi connectivity index (χ1n) is 7.66. The summed E-state index contributed by atoms with van der Waals surface area (Å²) in [5.74, 6) is -0.940. The molecule has 0 bridgehead atoms. The van der Waals surface area contributed by atoms with E-state index in [9.17, 15) is 18.0 Å². The van der Waals surface area contributed by atoms with Gasteiger partial charge < -0.3 is 5.73 Å². The molecule has 0 aliphatic heterocycles. The number of nitrogens with two attached hydrogens (primary N) is 2. The monoisotopic (exact) mass is 463 g/mol. The Bertz CT molecular complexity index is 900. The van der Waals surface area contributed by atoms with Crippen molar-refractivity contribution in [2.45, 2.75) is 12.8 Å². The summed E-state index contributed by atoms with van der Waals surface area (Å²) in [5, 5.41) is 22.2. The molecule has 0 spiro atoms. The fourth-order valence-corrected chi connectivity index (χ4v) is 2.98. The number of aliphatic imine (C=N–C) groups is 2. The van der Waals surface area contributed by atoms with Crippen LogP contribution in [0.3, 0.4) is 0 Å². The fourth-order valence-electron chi connectivity index (χ4n) is 2.11. The van der Waals surface area contributed by atoms with Crippen molar-refractivity contribution in [1.82, 2.24) is 10.2 Å². The second-order valence-electron chi connectivity index (χ2n) is 6.11. The molecule has 10 nitrogen and oxygen atoms in total. The van der Waals surface area contributed by atoms with E-state index in [4.69, 9.17) is 16.3 Å². The van der Waals surface area contributed by atoms with Gasteiger partial charge in [-0.15, -0.1) is 0 Å². The van der Waals surface area contributed by atoms with Crippen molar-refractivity contribution in [3.05, 3.63) is 28.5 Å². The average molecular weight is 464 g/mol. The number of rotatable bonds is 8. The number of hydrogen-bond donors (Lipinski definition) is 6. The smallest absolute Gasteiger partial charge is 0.274 e. The largest absolute Gasteiger partial charge is 0.382 e. The Morgan fingerprint density at radius 2 is 2.11 bits per heavy atom. The highest BCUT2D eigenvalue weighted by Gasteiger charge is 2.43. The van der Waals surface area contributed by atoms with Gasteiger partial charge >= 0.3 is 0 Å². The Morgan fingerprint density at radius 1 is 1.44 bits per heavy atom. The van der Waals surface area contributed by atoms with Crippen molar-refractivity contribution in [2.75, 3.05) is 13.1 Å². The topological polar surface area (TPSA) is 179 Å². The normalized spacial score (nSPS) is 16.9. The van der Waals surface area contributed by atoms with Crippen LogP contribution in [0.5, 0.6) is 0 Å². The van der Waals surface area contributed by atoms with Crippen LogP contribution in [0.2, 0.25) is 0 Å². The number of amidine groups is 2. The third kappa shape index (κ3) is 6.32. The molecule has 0 aromatic heterocycles. The Morgan fingerprint density at radius 3 is 2.63 bits per heavy atom. The molecule has 1 fully saturated rings. The Balaban J connectivity index is 2.09. The van der Waals surface area contributed by atoms with Crippen LogP contribution in [0.1, 0.15) is 12.8 Å². The van der Waals surface area contributed by atoms with E-state index >= 15 is 0 Å². The zero-order valence-corrected chi connectivity index (χ0v) is 16.4. The molecule has 0 radical (unpaired) electrons. The van der Waals surface area contributed by atoms with Crippen molar-refractivity contribution in [3.63, 3.8) is 0 Å². The van der Waals surface area contributed by atoms with E-state index in [1.54, 1.807) is 5.48 Å². The minimum Gasteiger partial charge on any atom is -0.382 e. The highest BCUT2D eigenvalue weighted by Crippen LogP contribution is 2.45. The fraction of sp³-hybridized carbons (Fsp3) is 0.357. The van der Waals surface area contributed by atoms with E-state index in [0.29, 0.717) is 5.69 Å².